The van der Waals surface area contributed by atoms with Crippen LogP contribution in [0.1, 0.15) is 38.4 Å². The van der Waals surface area contributed by atoms with E-state index < -0.39 is 0 Å². The van der Waals surface area contributed by atoms with E-state index in [2.05, 4.69) is 27.6 Å². The van der Waals surface area contributed by atoms with Gasteiger partial charge in [0.15, 0.2) is 5.82 Å². The van der Waals surface area contributed by atoms with Gasteiger partial charge in [-0.1, -0.05) is 18.5 Å². The molecule has 1 atom stereocenters. The second-order valence-corrected chi connectivity index (χ2v) is 5.75. The van der Waals surface area contributed by atoms with Crippen LogP contribution >= 0.6 is 0 Å². The molecule has 2 rings (SSSR count). The Kier molecular flexibility index (Phi) is 6.20. The Morgan fingerprint density at radius 3 is 3.05 bits per heavy atom. The lowest BCUT2D eigenvalue weighted by Gasteiger charge is -2.30. The second-order valence-electron chi connectivity index (χ2n) is 5.75. The fourth-order valence-electron chi connectivity index (χ4n) is 2.75. The quantitative estimate of drug-likeness (QED) is 0.802. The molecule has 1 saturated heterocycles. The summed E-state index contributed by atoms with van der Waals surface area (Å²) in [6.45, 7) is 7.30. The molecule has 1 aromatic rings. The van der Waals surface area contributed by atoms with E-state index in [1.165, 1.54) is 19.3 Å². The van der Waals surface area contributed by atoms with Crippen molar-refractivity contribution in [3.8, 4) is 0 Å². The normalized spacial score (nSPS) is 18.9. The first-order valence-electron chi connectivity index (χ1n) is 7.86. The number of hydrogen-bond donors (Lipinski definition) is 2. The number of rotatable bonds is 7. The molecule has 0 aliphatic carbocycles. The van der Waals surface area contributed by atoms with Crippen LogP contribution in [0.5, 0.6) is 0 Å². The number of carbonyl (C=O) groups is 1. The van der Waals surface area contributed by atoms with Gasteiger partial charge in [-0.25, -0.2) is 0 Å². The van der Waals surface area contributed by atoms with E-state index >= 15 is 0 Å². The van der Waals surface area contributed by atoms with E-state index in [-0.39, 0.29) is 5.91 Å². The smallest absolute Gasteiger partial charge is 0.239 e. The zero-order valence-corrected chi connectivity index (χ0v) is 13.0. The minimum absolute atomic E-state index is 0.0347. The summed E-state index contributed by atoms with van der Waals surface area (Å²) in [7, 11) is 0. The topological polar surface area (TPSA) is 70.4 Å². The minimum Gasteiger partial charge on any atom is -0.360 e. The molecule has 21 heavy (non-hydrogen) atoms. The van der Waals surface area contributed by atoms with Gasteiger partial charge in [-0.05, 0) is 39.3 Å². The van der Waals surface area contributed by atoms with Crippen LogP contribution < -0.4 is 10.6 Å². The van der Waals surface area contributed by atoms with Gasteiger partial charge in [0, 0.05) is 18.7 Å². The Bertz CT molecular complexity index is 441. The highest BCUT2D eigenvalue weighted by Gasteiger charge is 2.18. The summed E-state index contributed by atoms with van der Waals surface area (Å²) in [5.74, 6) is 1.15. The second kappa shape index (κ2) is 8.14. The molecule has 2 heterocycles. The third-order valence-electron chi connectivity index (χ3n) is 3.69. The van der Waals surface area contributed by atoms with Crippen LogP contribution in [-0.4, -0.2) is 48.2 Å². The fourth-order valence-corrected chi connectivity index (χ4v) is 2.75. The van der Waals surface area contributed by atoms with Gasteiger partial charge >= 0.3 is 0 Å². The zero-order chi connectivity index (χ0) is 15.1. The number of amides is 1. The Balaban J connectivity index is 1.81. The maximum atomic E-state index is 12.1. The van der Waals surface area contributed by atoms with Gasteiger partial charge < -0.3 is 15.2 Å². The Hall–Kier alpha value is -1.40. The zero-order valence-electron chi connectivity index (χ0n) is 13.0. The third kappa shape index (κ3) is 5.47. The first kappa shape index (κ1) is 16.0. The van der Waals surface area contributed by atoms with E-state index in [4.69, 9.17) is 4.52 Å². The molecule has 0 saturated carbocycles. The summed E-state index contributed by atoms with van der Waals surface area (Å²) in [5.41, 5.74) is 0. The van der Waals surface area contributed by atoms with Gasteiger partial charge in [0.05, 0.1) is 6.54 Å². The molecule has 1 aliphatic heterocycles. The van der Waals surface area contributed by atoms with Gasteiger partial charge in [0.2, 0.25) is 5.91 Å². The molecule has 6 nitrogen and oxygen atoms in total. The number of aromatic nitrogens is 1. The van der Waals surface area contributed by atoms with E-state index in [1.54, 1.807) is 13.0 Å². The van der Waals surface area contributed by atoms with E-state index in [9.17, 15) is 4.79 Å². The molecule has 6 heteroatoms. The lowest BCUT2D eigenvalue weighted by molar-refractivity contribution is -0.117. The van der Waals surface area contributed by atoms with Gasteiger partial charge in [0.1, 0.15) is 5.76 Å². The molecule has 1 fully saturated rings. The van der Waals surface area contributed by atoms with Crippen molar-refractivity contribution in [1.82, 2.24) is 15.4 Å². The first-order chi connectivity index (χ1) is 10.2. The van der Waals surface area contributed by atoms with Gasteiger partial charge in [-0.15, -0.1) is 0 Å². The molecule has 1 aliphatic rings. The summed E-state index contributed by atoms with van der Waals surface area (Å²) < 4.78 is 4.95. The number of piperidine rings is 1. The molecule has 0 aromatic carbocycles. The lowest BCUT2D eigenvalue weighted by Crippen LogP contribution is -2.46. The van der Waals surface area contributed by atoms with Crippen LogP contribution in [0.25, 0.3) is 0 Å². The van der Waals surface area contributed by atoms with Crippen molar-refractivity contribution >= 4 is 11.7 Å². The van der Waals surface area contributed by atoms with E-state index in [0.29, 0.717) is 24.2 Å². The van der Waals surface area contributed by atoms with Gasteiger partial charge in [-0.3, -0.25) is 9.69 Å². The van der Waals surface area contributed by atoms with E-state index in [0.717, 1.165) is 26.1 Å². The van der Waals surface area contributed by atoms with Crippen molar-refractivity contribution in [2.75, 3.05) is 31.5 Å². The molecule has 2 N–H and O–H groups in total. The summed E-state index contributed by atoms with van der Waals surface area (Å²) in [4.78, 5) is 14.3. The molecule has 0 spiro atoms. The van der Waals surface area contributed by atoms with Crippen LogP contribution in [0.15, 0.2) is 10.6 Å². The molecule has 1 amide bonds. The van der Waals surface area contributed by atoms with Crippen molar-refractivity contribution < 1.29 is 9.32 Å². The molecular weight excluding hydrogens is 268 g/mol. The van der Waals surface area contributed by atoms with Crippen molar-refractivity contribution in [2.24, 2.45) is 0 Å². The summed E-state index contributed by atoms with van der Waals surface area (Å²) >= 11 is 0. The highest BCUT2D eigenvalue weighted by molar-refractivity contribution is 5.91. The first-order valence-corrected chi connectivity index (χ1v) is 7.86. The molecular formula is C15H26N4O2. The number of carbonyl (C=O) groups excluding carboxylic acids is 1. The lowest BCUT2D eigenvalue weighted by atomic mass is 10.0. The van der Waals surface area contributed by atoms with E-state index in [1.807, 2.05) is 0 Å². The Labute approximate surface area is 126 Å². The SMILES string of the molecule is CCCN(CC(=O)Nc1cc(C)on1)CC1CCCCN1. The Morgan fingerprint density at radius 1 is 1.57 bits per heavy atom. The number of aryl methyl sites for hydroxylation is 1. The molecule has 1 unspecified atom stereocenters. The number of nitrogens with one attached hydrogen (secondary N) is 2. The molecule has 0 radical (unpaired) electrons. The number of nitrogens with zero attached hydrogens (tertiary/aromatic N) is 2. The maximum absolute atomic E-state index is 12.1. The summed E-state index contributed by atoms with van der Waals surface area (Å²) in [6.07, 6.45) is 4.78. The largest absolute Gasteiger partial charge is 0.360 e. The predicted molar refractivity (Wildman–Crippen MR) is 82.2 cm³/mol. The average molecular weight is 294 g/mol. The monoisotopic (exact) mass is 294 g/mol. The summed E-state index contributed by atoms with van der Waals surface area (Å²) in [6, 6.07) is 2.23. The highest BCUT2D eigenvalue weighted by Crippen LogP contribution is 2.10. The highest BCUT2D eigenvalue weighted by atomic mass is 16.5. The number of hydrogen-bond acceptors (Lipinski definition) is 5. The van der Waals surface area contributed by atoms with Crippen molar-refractivity contribution in [3.05, 3.63) is 11.8 Å². The predicted octanol–water partition coefficient (Wildman–Crippen LogP) is 1.78. The molecule has 1 aromatic heterocycles. The van der Waals surface area contributed by atoms with Crippen molar-refractivity contribution in [3.63, 3.8) is 0 Å². The standard InChI is InChI=1S/C15H26N4O2/c1-3-8-19(10-13-6-4-5-7-16-13)11-15(20)17-14-9-12(2)21-18-14/h9,13,16H,3-8,10-11H2,1-2H3,(H,17,18,20). The number of anilines is 1. The van der Waals surface area contributed by atoms with Crippen molar-refractivity contribution in [2.45, 2.75) is 45.6 Å². The van der Waals surface area contributed by atoms with Crippen LogP contribution in [0, 0.1) is 6.92 Å². The Morgan fingerprint density at radius 2 is 2.43 bits per heavy atom. The molecule has 118 valence electrons. The van der Waals surface area contributed by atoms with Gasteiger partial charge in [-0.2, -0.15) is 0 Å². The van der Waals surface area contributed by atoms with Crippen LogP contribution in [0.4, 0.5) is 5.82 Å². The maximum Gasteiger partial charge on any atom is 0.239 e. The van der Waals surface area contributed by atoms with Gasteiger partial charge in [0.25, 0.3) is 0 Å². The molecule has 0 bridgehead atoms. The summed E-state index contributed by atoms with van der Waals surface area (Å²) in [5, 5.41) is 10.1. The minimum atomic E-state index is -0.0347. The van der Waals surface area contributed by atoms with Crippen molar-refractivity contribution in [1.29, 1.82) is 0 Å². The van der Waals surface area contributed by atoms with Crippen LogP contribution in [0.3, 0.4) is 0 Å². The van der Waals surface area contributed by atoms with Crippen LogP contribution in [0.2, 0.25) is 0 Å². The van der Waals surface area contributed by atoms with Crippen LogP contribution in [-0.2, 0) is 4.79 Å². The average Bonchev–Trinajstić information content (AvgIpc) is 2.85. The fraction of sp³-hybridized carbons (Fsp3) is 0.733. The third-order valence-corrected chi connectivity index (χ3v) is 3.69.